The summed E-state index contributed by atoms with van der Waals surface area (Å²) in [4.78, 5) is 12.4. The lowest BCUT2D eigenvalue weighted by molar-refractivity contribution is 0.0691. The van der Waals surface area contributed by atoms with E-state index in [1.54, 1.807) is 23.9 Å². The Balaban J connectivity index is 2.21. The van der Waals surface area contributed by atoms with Crippen molar-refractivity contribution >= 4 is 17.7 Å². The molecule has 0 spiro atoms. The van der Waals surface area contributed by atoms with Crippen molar-refractivity contribution in [1.82, 2.24) is 15.0 Å². The summed E-state index contributed by atoms with van der Waals surface area (Å²) >= 11 is 1.59. The van der Waals surface area contributed by atoms with Gasteiger partial charge in [-0.15, -0.1) is 16.9 Å². The van der Waals surface area contributed by atoms with Crippen LogP contribution in [0, 0.1) is 0 Å². The van der Waals surface area contributed by atoms with E-state index in [0.717, 1.165) is 10.6 Å². The van der Waals surface area contributed by atoms with Gasteiger partial charge in [0.2, 0.25) is 5.69 Å². The number of carbonyl (C=O) groups is 1. The van der Waals surface area contributed by atoms with Crippen molar-refractivity contribution in [3.8, 4) is 17.1 Å². The molecule has 0 fully saturated rings. The molecule has 0 aliphatic rings. The highest BCUT2D eigenvalue weighted by Crippen LogP contribution is 2.27. The van der Waals surface area contributed by atoms with Crippen molar-refractivity contribution in [2.45, 2.75) is 4.90 Å². The normalized spacial score (nSPS) is 10.7. The maximum absolute atomic E-state index is 11.3. The number of benzene rings is 1. The molecular weight excluding hydrogens is 290 g/mol. The molecule has 0 bridgehead atoms. The molecule has 0 aliphatic heterocycles. The van der Waals surface area contributed by atoms with Crippen LogP contribution >= 0.6 is 11.8 Å². The van der Waals surface area contributed by atoms with Crippen LogP contribution in [0.4, 0.5) is 0 Å². The Morgan fingerprint density at radius 3 is 2.86 bits per heavy atom. The van der Waals surface area contributed by atoms with Gasteiger partial charge in [-0.05, 0) is 36.6 Å². The first kappa shape index (κ1) is 13.4. The SMILES string of the molecule is CSc1cccc(-n2nnc(C(=O)O)c2-c2ccco2)c1. The summed E-state index contributed by atoms with van der Waals surface area (Å²) in [6.07, 6.45) is 3.45. The zero-order valence-corrected chi connectivity index (χ0v) is 11.9. The fraction of sp³-hybridized carbons (Fsp3) is 0.0714. The number of carboxylic acid groups (broad SMARTS) is 1. The van der Waals surface area contributed by atoms with Crippen LogP contribution < -0.4 is 0 Å². The fourth-order valence-electron chi connectivity index (χ4n) is 1.98. The van der Waals surface area contributed by atoms with Gasteiger partial charge in [-0.25, -0.2) is 9.48 Å². The first-order valence-electron chi connectivity index (χ1n) is 6.08. The number of hydrogen-bond acceptors (Lipinski definition) is 5. The number of carboxylic acids is 1. The zero-order chi connectivity index (χ0) is 14.8. The highest BCUT2D eigenvalue weighted by atomic mass is 32.2. The van der Waals surface area contributed by atoms with E-state index >= 15 is 0 Å². The van der Waals surface area contributed by atoms with Gasteiger partial charge in [0.1, 0.15) is 5.69 Å². The Kier molecular flexibility index (Phi) is 3.49. The standard InChI is InChI=1S/C14H11N3O3S/c1-21-10-5-2-4-9(8-10)17-13(11-6-3-7-20-11)12(14(18)19)15-16-17/h2-8H,1H3,(H,18,19). The molecule has 0 aliphatic carbocycles. The summed E-state index contributed by atoms with van der Waals surface area (Å²) in [7, 11) is 0. The summed E-state index contributed by atoms with van der Waals surface area (Å²) in [6, 6.07) is 11.0. The summed E-state index contributed by atoms with van der Waals surface area (Å²) < 4.78 is 6.79. The highest BCUT2D eigenvalue weighted by molar-refractivity contribution is 7.98. The second-order valence-electron chi connectivity index (χ2n) is 4.18. The fourth-order valence-corrected chi connectivity index (χ4v) is 2.44. The summed E-state index contributed by atoms with van der Waals surface area (Å²) in [5.74, 6) is -0.736. The first-order chi connectivity index (χ1) is 10.2. The van der Waals surface area contributed by atoms with Crippen LogP contribution in [-0.4, -0.2) is 32.3 Å². The molecule has 0 atom stereocenters. The molecule has 2 aromatic heterocycles. The maximum Gasteiger partial charge on any atom is 0.358 e. The van der Waals surface area contributed by atoms with Crippen molar-refractivity contribution in [3.63, 3.8) is 0 Å². The largest absolute Gasteiger partial charge is 0.476 e. The number of thioether (sulfide) groups is 1. The van der Waals surface area contributed by atoms with E-state index in [2.05, 4.69) is 10.3 Å². The molecule has 0 saturated heterocycles. The topological polar surface area (TPSA) is 81.2 Å². The van der Waals surface area contributed by atoms with Gasteiger partial charge in [0.15, 0.2) is 5.76 Å². The monoisotopic (exact) mass is 301 g/mol. The maximum atomic E-state index is 11.3. The minimum absolute atomic E-state index is 0.139. The average molecular weight is 301 g/mol. The van der Waals surface area contributed by atoms with Crippen LogP contribution in [0.15, 0.2) is 52.0 Å². The van der Waals surface area contributed by atoms with E-state index < -0.39 is 5.97 Å². The molecule has 1 aromatic carbocycles. The molecule has 7 heteroatoms. The molecular formula is C14H11N3O3S. The highest BCUT2D eigenvalue weighted by Gasteiger charge is 2.23. The Bertz CT molecular complexity index is 781. The van der Waals surface area contributed by atoms with Gasteiger partial charge < -0.3 is 9.52 Å². The number of aromatic carboxylic acids is 1. The second kappa shape index (κ2) is 5.45. The Morgan fingerprint density at radius 2 is 2.19 bits per heavy atom. The minimum Gasteiger partial charge on any atom is -0.476 e. The molecule has 3 rings (SSSR count). The molecule has 2 heterocycles. The first-order valence-corrected chi connectivity index (χ1v) is 7.30. The van der Waals surface area contributed by atoms with Gasteiger partial charge in [-0.3, -0.25) is 0 Å². The van der Waals surface area contributed by atoms with Crippen molar-refractivity contribution in [3.05, 3.63) is 48.4 Å². The molecule has 3 aromatic rings. The third kappa shape index (κ3) is 2.43. The van der Waals surface area contributed by atoms with Gasteiger partial charge in [0.05, 0.1) is 12.0 Å². The van der Waals surface area contributed by atoms with Crippen LogP contribution in [0.1, 0.15) is 10.5 Å². The van der Waals surface area contributed by atoms with Gasteiger partial charge in [0, 0.05) is 4.90 Å². The van der Waals surface area contributed by atoms with Crippen molar-refractivity contribution in [1.29, 1.82) is 0 Å². The number of furan rings is 1. The zero-order valence-electron chi connectivity index (χ0n) is 11.1. The third-order valence-electron chi connectivity index (χ3n) is 2.93. The van der Waals surface area contributed by atoms with E-state index in [1.807, 2.05) is 30.5 Å². The average Bonchev–Trinajstić information content (AvgIpc) is 3.15. The summed E-state index contributed by atoms with van der Waals surface area (Å²) in [5.41, 5.74) is 0.915. The van der Waals surface area contributed by atoms with E-state index in [9.17, 15) is 9.90 Å². The Labute approximate surface area is 124 Å². The van der Waals surface area contributed by atoms with Gasteiger partial charge in [-0.1, -0.05) is 11.3 Å². The Morgan fingerprint density at radius 1 is 1.33 bits per heavy atom. The van der Waals surface area contributed by atoms with Crippen LogP contribution in [0.2, 0.25) is 0 Å². The number of hydrogen-bond donors (Lipinski definition) is 1. The van der Waals surface area contributed by atoms with Crippen LogP contribution in [-0.2, 0) is 0 Å². The molecule has 0 amide bonds. The van der Waals surface area contributed by atoms with Crippen molar-refractivity contribution in [2.75, 3.05) is 6.26 Å². The van der Waals surface area contributed by atoms with Crippen molar-refractivity contribution in [2.24, 2.45) is 0 Å². The molecule has 1 N–H and O–H groups in total. The van der Waals surface area contributed by atoms with Crippen LogP contribution in [0.25, 0.3) is 17.1 Å². The number of aromatic nitrogens is 3. The van der Waals surface area contributed by atoms with Crippen LogP contribution in [0.3, 0.4) is 0 Å². The molecule has 21 heavy (non-hydrogen) atoms. The summed E-state index contributed by atoms with van der Waals surface area (Å²) in [6.45, 7) is 0. The van der Waals surface area contributed by atoms with E-state index in [1.165, 1.54) is 10.9 Å². The van der Waals surface area contributed by atoms with Gasteiger partial charge >= 0.3 is 5.97 Å². The lowest BCUT2D eigenvalue weighted by atomic mass is 10.2. The number of nitrogens with zero attached hydrogens (tertiary/aromatic N) is 3. The lowest BCUT2D eigenvalue weighted by Crippen LogP contribution is -2.02. The summed E-state index contributed by atoms with van der Waals surface area (Å²) in [5, 5.41) is 17.0. The van der Waals surface area contributed by atoms with Crippen molar-refractivity contribution < 1.29 is 14.3 Å². The predicted molar refractivity (Wildman–Crippen MR) is 77.8 cm³/mol. The Hall–Kier alpha value is -2.54. The molecule has 0 radical (unpaired) electrons. The minimum atomic E-state index is -1.14. The molecule has 0 unspecified atom stereocenters. The number of rotatable bonds is 4. The molecule has 106 valence electrons. The van der Waals surface area contributed by atoms with Crippen LogP contribution in [0.5, 0.6) is 0 Å². The third-order valence-corrected chi connectivity index (χ3v) is 3.65. The van der Waals surface area contributed by atoms with Gasteiger partial charge in [-0.2, -0.15) is 0 Å². The van der Waals surface area contributed by atoms with E-state index in [-0.39, 0.29) is 5.69 Å². The smallest absolute Gasteiger partial charge is 0.358 e. The lowest BCUT2D eigenvalue weighted by Gasteiger charge is -2.06. The van der Waals surface area contributed by atoms with E-state index in [4.69, 9.17) is 4.42 Å². The van der Waals surface area contributed by atoms with Gasteiger partial charge in [0.25, 0.3) is 0 Å². The quantitative estimate of drug-likeness (QED) is 0.746. The second-order valence-corrected chi connectivity index (χ2v) is 5.06. The molecule has 0 saturated carbocycles. The van der Waals surface area contributed by atoms with E-state index in [0.29, 0.717) is 11.5 Å². The predicted octanol–water partition coefficient (Wildman–Crippen LogP) is 2.95. The molecule has 6 nitrogen and oxygen atoms in total.